The summed E-state index contributed by atoms with van der Waals surface area (Å²) in [6.07, 6.45) is 10.9. The molecule has 0 bridgehead atoms. The molecule has 0 unspecified atom stereocenters. The summed E-state index contributed by atoms with van der Waals surface area (Å²) < 4.78 is 4.71. The van der Waals surface area contributed by atoms with Crippen LogP contribution >= 0.6 is 0 Å². The molecule has 1 aliphatic rings. The van der Waals surface area contributed by atoms with Crippen LogP contribution in [0.15, 0.2) is 78.3 Å². The van der Waals surface area contributed by atoms with E-state index in [9.17, 15) is 5.11 Å². The van der Waals surface area contributed by atoms with Gasteiger partial charge in [0.1, 0.15) is 0 Å². The number of hydrogen-bond acceptors (Lipinski definition) is 2. The van der Waals surface area contributed by atoms with Gasteiger partial charge >= 0.3 is 17.1 Å². The van der Waals surface area contributed by atoms with Crippen molar-refractivity contribution >= 4 is 0 Å². The summed E-state index contributed by atoms with van der Waals surface area (Å²) in [5.41, 5.74) is 1.02. The molecule has 1 aromatic rings. The Labute approximate surface area is 119 Å². The first kappa shape index (κ1) is 16.4. The SMILES string of the molecule is CCOC([O-])=CC=C1C=CC=C1.[Fe+2].c1cc[cH-]c1. The second-order valence-corrected chi connectivity index (χ2v) is 3.27. The second-order valence-electron chi connectivity index (χ2n) is 3.27. The third kappa shape index (κ3) is 7.66. The Balaban J connectivity index is 0.000000405. The molecule has 2 rings (SSSR count). The van der Waals surface area contributed by atoms with E-state index in [0.29, 0.717) is 6.61 Å². The fourth-order valence-electron chi connectivity index (χ4n) is 1.18. The summed E-state index contributed by atoms with van der Waals surface area (Å²) in [5, 5.41) is 10.8. The topological polar surface area (TPSA) is 32.3 Å². The molecule has 0 amide bonds. The van der Waals surface area contributed by atoms with Crippen LogP contribution in [0.5, 0.6) is 0 Å². The van der Waals surface area contributed by atoms with E-state index in [1.165, 1.54) is 6.08 Å². The van der Waals surface area contributed by atoms with Crippen molar-refractivity contribution in [3.8, 4) is 0 Å². The summed E-state index contributed by atoms with van der Waals surface area (Å²) in [4.78, 5) is 0. The van der Waals surface area contributed by atoms with Crippen molar-refractivity contribution in [3.05, 3.63) is 78.3 Å². The normalized spacial score (nSPS) is 12.5. The quantitative estimate of drug-likeness (QED) is 0.485. The van der Waals surface area contributed by atoms with E-state index in [-0.39, 0.29) is 23.0 Å². The average molecular weight is 284 g/mol. The first-order chi connectivity index (χ1) is 8.33. The van der Waals surface area contributed by atoms with Gasteiger partial charge in [0.25, 0.3) is 0 Å². The summed E-state index contributed by atoms with van der Waals surface area (Å²) in [5.74, 6) is -0.293. The minimum Gasteiger partial charge on any atom is -0.614 e. The molecule has 1 aliphatic carbocycles. The first-order valence-corrected chi connectivity index (χ1v) is 5.56. The molecule has 0 N–H and O–H groups in total. The minimum absolute atomic E-state index is 0. The van der Waals surface area contributed by atoms with Gasteiger partial charge in [0.2, 0.25) is 0 Å². The van der Waals surface area contributed by atoms with Crippen LogP contribution in [0, 0.1) is 0 Å². The van der Waals surface area contributed by atoms with Crippen LogP contribution in [-0.2, 0) is 21.8 Å². The van der Waals surface area contributed by atoms with E-state index < -0.39 is 0 Å². The van der Waals surface area contributed by atoms with Crippen molar-refractivity contribution in [2.24, 2.45) is 0 Å². The first-order valence-electron chi connectivity index (χ1n) is 5.56. The van der Waals surface area contributed by atoms with Gasteiger partial charge < -0.3 is 9.84 Å². The third-order valence-corrected chi connectivity index (χ3v) is 1.94. The van der Waals surface area contributed by atoms with Gasteiger partial charge in [0, 0.05) is 0 Å². The summed E-state index contributed by atoms with van der Waals surface area (Å²) in [6, 6.07) is 10.0. The Kier molecular flexibility index (Phi) is 9.65. The predicted molar refractivity (Wildman–Crippen MR) is 68.1 cm³/mol. The van der Waals surface area contributed by atoms with Crippen molar-refractivity contribution < 1.29 is 26.9 Å². The number of rotatable bonds is 3. The fourth-order valence-corrected chi connectivity index (χ4v) is 1.18. The molecule has 0 saturated carbocycles. The molecule has 1 aromatic carbocycles. The molecule has 0 fully saturated rings. The van der Waals surface area contributed by atoms with Crippen molar-refractivity contribution in [1.29, 1.82) is 0 Å². The zero-order valence-corrected chi connectivity index (χ0v) is 11.3. The largest absolute Gasteiger partial charge is 2.00 e. The van der Waals surface area contributed by atoms with Gasteiger partial charge in [0.05, 0.1) is 5.95 Å². The smallest absolute Gasteiger partial charge is 0.614 e. The number of hydrogen-bond donors (Lipinski definition) is 0. The second kappa shape index (κ2) is 10.6. The molecule has 0 heterocycles. The fraction of sp³-hybridized carbons (Fsp3) is 0.133. The van der Waals surface area contributed by atoms with E-state index in [0.717, 1.165) is 5.57 Å². The number of ether oxygens (including phenoxy) is 1. The zero-order valence-electron chi connectivity index (χ0n) is 10.2. The molecule has 18 heavy (non-hydrogen) atoms. The van der Waals surface area contributed by atoms with E-state index in [1.807, 2.05) is 54.6 Å². The molecular weight excluding hydrogens is 268 g/mol. The van der Waals surface area contributed by atoms with Crippen LogP contribution in [0.1, 0.15) is 6.92 Å². The molecule has 0 aliphatic heterocycles. The van der Waals surface area contributed by atoms with Crippen LogP contribution in [0.4, 0.5) is 0 Å². The van der Waals surface area contributed by atoms with Gasteiger partial charge in [-0.1, -0.05) is 37.3 Å². The van der Waals surface area contributed by atoms with Crippen molar-refractivity contribution in [3.63, 3.8) is 0 Å². The van der Waals surface area contributed by atoms with Gasteiger partial charge in [-0.25, -0.2) is 12.1 Å². The summed E-state index contributed by atoms with van der Waals surface area (Å²) in [6.45, 7) is 2.21. The van der Waals surface area contributed by atoms with Crippen LogP contribution in [0.25, 0.3) is 0 Å². The Bertz CT molecular complexity index is 380. The van der Waals surface area contributed by atoms with Gasteiger partial charge in [-0.2, -0.15) is 18.2 Å². The average Bonchev–Trinajstić information content (AvgIpc) is 3.03. The van der Waals surface area contributed by atoms with Gasteiger partial charge in [-0.05, 0) is 18.3 Å². The maximum absolute atomic E-state index is 10.8. The van der Waals surface area contributed by atoms with Crippen LogP contribution in [-0.4, -0.2) is 6.61 Å². The maximum atomic E-state index is 10.8. The molecule has 2 nitrogen and oxygen atoms in total. The molecule has 3 heteroatoms. The van der Waals surface area contributed by atoms with Gasteiger partial charge in [-0.15, -0.1) is 0 Å². The van der Waals surface area contributed by atoms with E-state index in [1.54, 1.807) is 13.0 Å². The molecule has 96 valence electrons. The summed E-state index contributed by atoms with van der Waals surface area (Å²) in [7, 11) is 0. The maximum Gasteiger partial charge on any atom is 2.00 e. The Morgan fingerprint density at radius 3 is 2.33 bits per heavy atom. The predicted octanol–water partition coefficient (Wildman–Crippen LogP) is 2.68. The van der Waals surface area contributed by atoms with Crippen molar-refractivity contribution in [2.75, 3.05) is 6.61 Å². The van der Waals surface area contributed by atoms with Gasteiger partial charge in [0.15, 0.2) is 0 Å². The zero-order chi connectivity index (χ0) is 12.3. The van der Waals surface area contributed by atoms with Crippen LogP contribution < -0.4 is 5.11 Å². The van der Waals surface area contributed by atoms with E-state index in [4.69, 9.17) is 4.74 Å². The van der Waals surface area contributed by atoms with Crippen molar-refractivity contribution in [2.45, 2.75) is 6.92 Å². The molecule has 0 saturated heterocycles. The van der Waals surface area contributed by atoms with Crippen LogP contribution in [0.3, 0.4) is 0 Å². The van der Waals surface area contributed by atoms with Crippen molar-refractivity contribution in [1.82, 2.24) is 0 Å². The third-order valence-electron chi connectivity index (χ3n) is 1.94. The molecule has 0 atom stereocenters. The van der Waals surface area contributed by atoms with Gasteiger partial charge in [-0.3, -0.25) is 0 Å². The Morgan fingerprint density at radius 1 is 1.28 bits per heavy atom. The monoisotopic (exact) mass is 284 g/mol. The Morgan fingerprint density at radius 2 is 1.89 bits per heavy atom. The van der Waals surface area contributed by atoms with Crippen LogP contribution in [0.2, 0.25) is 0 Å². The van der Waals surface area contributed by atoms with E-state index >= 15 is 0 Å². The van der Waals surface area contributed by atoms with E-state index in [2.05, 4.69) is 0 Å². The molecule has 0 aromatic heterocycles. The molecule has 0 spiro atoms. The standard InChI is InChI=1S/C10H12O2.C5H5.Fe/c1-2-12-10(11)8-7-9-5-3-4-6-9;1-2-4-5-3-1;/h3-8,11H,2H2,1H3;1-5H;/q;-1;+2/p-1. The summed E-state index contributed by atoms with van der Waals surface area (Å²) >= 11 is 0. The molecular formula is C15H16FeO2. The Hall–Kier alpha value is -1.57. The number of allylic oxidation sites excluding steroid dienone is 7. The minimum atomic E-state index is -0.293. The molecule has 0 radical (unpaired) electrons.